The Hall–Kier alpha value is -2.22. The van der Waals surface area contributed by atoms with Gasteiger partial charge in [0.15, 0.2) is 0 Å². The van der Waals surface area contributed by atoms with E-state index in [9.17, 15) is 9.59 Å². The van der Waals surface area contributed by atoms with Gasteiger partial charge >= 0.3 is 0 Å². The lowest BCUT2D eigenvalue weighted by Crippen LogP contribution is -2.42. The van der Waals surface area contributed by atoms with Crippen LogP contribution in [0.1, 0.15) is 36.2 Å². The third-order valence-electron chi connectivity index (χ3n) is 4.26. The lowest BCUT2D eigenvalue weighted by molar-refractivity contribution is -0.134. The number of nitrogens with one attached hydrogen (secondary N) is 2. The predicted octanol–water partition coefficient (Wildman–Crippen LogP) is 1.91. The second kappa shape index (κ2) is 7.12. The highest BCUT2D eigenvalue weighted by Crippen LogP contribution is 2.26. The van der Waals surface area contributed by atoms with Crippen molar-refractivity contribution < 1.29 is 9.59 Å². The van der Waals surface area contributed by atoms with Gasteiger partial charge in [0, 0.05) is 31.4 Å². The Labute approximate surface area is 144 Å². The number of aromatic amines is 1. The zero-order valence-electron chi connectivity index (χ0n) is 13.8. The van der Waals surface area contributed by atoms with Crippen molar-refractivity contribution in [2.24, 2.45) is 5.92 Å². The molecule has 2 aromatic heterocycles. The van der Waals surface area contributed by atoms with Crippen molar-refractivity contribution in [1.29, 1.82) is 0 Å². The van der Waals surface area contributed by atoms with Crippen LogP contribution >= 0.6 is 11.3 Å². The van der Waals surface area contributed by atoms with E-state index in [1.54, 1.807) is 36.9 Å². The van der Waals surface area contributed by atoms with Crippen molar-refractivity contribution >= 4 is 23.2 Å². The first-order valence-electron chi connectivity index (χ1n) is 8.01. The van der Waals surface area contributed by atoms with Gasteiger partial charge in [0.1, 0.15) is 10.7 Å². The van der Waals surface area contributed by atoms with Crippen molar-refractivity contribution in [2.45, 2.75) is 31.7 Å². The van der Waals surface area contributed by atoms with Gasteiger partial charge < -0.3 is 15.2 Å². The third-order valence-corrected chi connectivity index (χ3v) is 5.14. The maximum absolute atomic E-state index is 12.4. The van der Waals surface area contributed by atoms with Crippen molar-refractivity contribution in [3.63, 3.8) is 0 Å². The molecule has 0 saturated heterocycles. The van der Waals surface area contributed by atoms with Gasteiger partial charge in [0.25, 0.3) is 5.91 Å². The van der Waals surface area contributed by atoms with E-state index in [1.165, 1.54) is 11.3 Å². The zero-order chi connectivity index (χ0) is 17.1. The van der Waals surface area contributed by atoms with Gasteiger partial charge in [-0.05, 0) is 19.3 Å². The quantitative estimate of drug-likeness (QED) is 0.884. The first-order valence-corrected chi connectivity index (χ1v) is 8.89. The number of carbonyl (C=O) groups is 2. The normalized spacial score (nSPS) is 20.6. The molecule has 0 spiro atoms. The number of rotatable bonds is 4. The standard InChI is InChI=1S/C16H21N5O2S/c1-21(2)16(23)10-4-3-5-11(6-10)19-14(22)13-8-24-15(20-13)12-7-17-9-18-12/h7-11H,3-6H2,1-2H3,(H,17,18)(H,19,22). The Balaban J connectivity index is 1.61. The Kier molecular flexibility index (Phi) is 4.94. The molecule has 0 radical (unpaired) electrons. The molecular formula is C16H21N5O2S. The molecule has 2 aromatic rings. The van der Waals surface area contributed by atoms with Crippen LogP contribution in [0, 0.1) is 5.92 Å². The molecule has 0 bridgehead atoms. The molecule has 0 aliphatic heterocycles. The third kappa shape index (κ3) is 3.64. The summed E-state index contributed by atoms with van der Waals surface area (Å²) in [6.45, 7) is 0. The van der Waals surface area contributed by atoms with Crippen LogP contribution in [0.4, 0.5) is 0 Å². The molecule has 1 saturated carbocycles. The zero-order valence-corrected chi connectivity index (χ0v) is 14.6. The molecule has 0 aromatic carbocycles. The summed E-state index contributed by atoms with van der Waals surface area (Å²) in [5.41, 5.74) is 1.21. The minimum absolute atomic E-state index is 0.00459. The number of carbonyl (C=O) groups excluding carboxylic acids is 2. The second-order valence-electron chi connectivity index (χ2n) is 6.27. The Morgan fingerprint density at radius 2 is 2.21 bits per heavy atom. The highest BCUT2D eigenvalue weighted by Gasteiger charge is 2.29. The van der Waals surface area contributed by atoms with Gasteiger partial charge in [-0.1, -0.05) is 6.42 Å². The summed E-state index contributed by atoms with van der Waals surface area (Å²) < 4.78 is 0. The summed E-state index contributed by atoms with van der Waals surface area (Å²) in [6, 6.07) is 0.0254. The minimum Gasteiger partial charge on any atom is -0.349 e. The first-order chi connectivity index (χ1) is 11.5. The van der Waals surface area contributed by atoms with Crippen LogP contribution in [-0.4, -0.2) is 51.8 Å². The van der Waals surface area contributed by atoms with Crippen LogP contribution in [0.25, 0.3) is 10.7 Å². The van der Waals surface area contributed by atoms with E-state index in [1.807, 2.05) is 0 Å². The number of hydrogen-bond donors (Lipinski definition) is 2. The minimum atomic E-state index is -0.181. The first kappa shape index (κ1) is 16.6. The lowest BCUT2D eigenvalue weighted by Gasteiger charge is -2.30. The summed E-state index contributed by atoms with van der Waals surface area (Å²) >= 11 is 1.40. The highest BCUT2D eigenvalue weighted by atomic mass is 32.1. The number of nitrogens with zero attached hydrogens (tertiary/aromatic N) is 3. The topological polar surface area (TPSA) is 91.0 Å². The smallest absolute Gasteiger partial charge is 0.270 e. The average Bonchev–Trinajstić information content (AvgIpc) is 3.25. The number of amides is 2. The van der Waals surface area contributed by atoms with Crippen molar-refractivity contribution in [3.8, 4) is 10.7 Å². The summed E-state index contributed by atoms with van der Waals surface area (Å²) in [5, 5.41) is 5.51. The molecule has 1 aliphatic carbocycles. The van der Waals surface area contributed by atoms with Gasteiger partial charge in [-0.15, -0.1) is 11.3 Å². The maximum Gasteiger partial charge on any atom is 0.270 e. The molecule has 3 rings (SSSR count). The molecule has 1 fully saturated rings. The number of hydrogen-bond acceptors (Lipinski definition) is 5. The summed E-state index contributed by atoms with van der Waals surface area (Å²) in [5.74, 6) is -0.0425. The van der Waals surface area contributed by atoms with Gasteiger partial charge in [-0.2, -0.15) is 0 Å². The van der Waals surface area contributed by atoms with Crippen LogP contribution in [0.2, 0.25) is 0 Å². The molecule has 1 aliphatic rings. The SMILES string of the molecule is CN(C)C(=O)C1CCCC(NC(=O)c2csc(-c3cnc[nH]3)n2)C1. The van der Waals surface area contributed by atoms with E-state index in [0.717, 1.165) is 30.0 Å². The molecule has 8 heteroatoms. The summed E-state index contributed by atoms with van der Waals surface area (Å²) in [7, 11) is 3.55. The fraction of sp³-hybridized carbons (Fsp3) is 0.500. The second-order valence-corrected chi connectivity index (χ2v) is 7.13. The average molecular weight is 347 g/mol. The van der Waals surface area contributed by atoms with Crippen LogP contribution < -0.4 is 5.32 Å². The number of imidazole rings is 1. The van der Waals surface area contributed by atoms with E-state index in [4.69, 9.17) is 0 Å². The van der Waals surface area contributed by atoms with Crippen LogP contribution in [0.15, 0.2) is 17.9 Å². The van der Waals surface area contributed by atoms with E-state index in [-0.39, 0.29) is 23.8 Å². The largest absolute Gasteiger partial charge is 0.349 e. The molecule has 2 heterocycles. The molecule has 24 heavy (non-hydrogen) atoms. The van der Waals surface area contributed by atoms with Crippen molar-refractivity contribution in [2.75, 3.05) is 14.1 Å². The Morgan fingerprint density at radius 1 is 1.38 bits per heavy atom. The molecule has 2 N–H and O–H groups in total. The van der Waals surface area contributed by atoms with Gasteiger partial charge in [0.05, 0.1) is 18.2 Å². The predicted molar refractivity (Wildman–Crippen MR) is 91.6 cm³/mol. The van der Waals surface area contributed by atoms with Crippen molar-refractivity contribution in [1.82, 2.24) is 25.2 Å². The number of H-pyrrole nitrogens is 1. The van der Waals surface area contributed by atoms with Crippen LogP contribution in [-0.2, 0) is 4.79 Å². The maximum atomic E-state index is 12.4. The van der Waals surface area contributed by atoms with E-state index in [2.05, 4.69) is 20.3 Å². The molecule has 2 amide bonds. The molecule has 2 atom stereocenters. The Bertz CT molecular complexity index is 710. The van der Waals surface area contributed by atoms with Crippen LogP contribution in [0.3, 0.4) is 0 Å². The highest BCUT2D eigenvalue weighted by molar-refractivity contribution is 7.13. The fourth-order valence-electron chi connectivity index (χ4n) is 3.04. The monoisotopic (exact) mass is 347 g/mol. The van der Waals surface area contributed by atoms with Gasteiger partial charge in [0.2, 0.25) is 5.91 Å². The van der Waals surface area contributed by atoms with Gasteiger partial charge in [-0.3, -0.25) is 9.59 Å². The summed E-state index contributed by atoms with van der Waals surface area (Å²) in [6.07, 6.45) is 6.70. The molecule has 2 unspecified atom stereocenters. The number of aromatic nitrogens is 3. The van der Waals surface area contributed by atoms with Gasteiger partial charge in [-0.25, -0.2) is 9.97 Å². The van der Waals surface area contributed by atoms with E-state index in [0.29, 0.717) is 12.1 Å². The van der Waals surface area contributed by atoms with E-state index < -0.39 is 0 Å². The number of thiazole rings is 1. The Morgan fingerprint density at radius 3 is 2.92 bits per heavy atom. The van der Waals surface area contributed by atoms with E-state index >= 15 is 0 Å². The fourth-order valence-corrected chi connectivity index (χ4v) is 3.82. The summed E-state index contributed by atoms with van der Waals surface area (Å²) in [4.78, 5) is 37.5. The molecule has 128 valence electrons. The van der Waals surface area contributed by atoms with Crippen LogP contribution in [0.5, 0.6) is 0 Å². The lowest BCUT2D eigenvalue weighted by atomic mass is 9.85. The van der Waals surface area contributed by atoms with Crippen molar-refractivity contribution in [3.05, 3.63) is 23.6 Å². The molecule has 7 nitrogen and oxygen atoms in total. The molecular weight excluding hydrogens is 326 g/mol.